The van der Waals surface area contributed by atoms with E-state index in [0.29, 0.717) is 42.9 Å². The number of carbonyl (C=O) groups is 1. The standard InChI is InChI=1S/C21H21Cl2N5O2/c1-26-6-7-30-12-14(26)8-18(29)27-4-5-28-17(11-27)19(13-9-24-25-10-13)15-2-3-16(22)20(23)21(15)28/h2-3,8-10H,4-7,11-12H2,1H3,(H,24,25). The molecule has 7 nitrogen and oxygen atoms in total. The van der Waals surface area contributed by atoms with Crippen molar-refractivity contribution in [2.75, 3.05) is 33.4 Å². The van der Waals surface area contributed by atoms with Crippen molar-refractivity contribution >= 4 is 40.0 Å². The SMILES string of the molecule is CN1CCOCC1=CC(=O)N1CCn2c(c(-c3cn[nH]c3)c3ccc(Cl)c(Cl)c32)C1. The van der Waals surface area contributed by atoms with Crippen molar-refractivity contribution in [1.82, 2.24) is 24.6 Å². The maximum atomic E-state index is 13.0. The Hall–Kier alpha value is -2.48. The molecule has 4 heterocycles. The molecular formula is C21H21Cl2N5O2. The highest BCUT2D eigenvalue weighted by molar-refractivity contribution is 6.45. The second-order valence-corrected chi connectivity index (χ2v) is 8.37. The average molecular weight is 446 g/mol. The zero-order chi connectivity index (χ0) is 20.8. The molecular weight excluding hydrogens is 425 g/mol. The summed E-state index contributed by atoms with van der Waals surface area (Å²) in [5.74, 6) is -0.0128. The van der Waals surface area contributed by atoms with Crippen LogP contribution in [0, 0.1) is 0 Å². The van der Waals surface area contributed by atoms with Crippen molar-refractivity contribution in [1.29, 1.82) is 0 Å². The van der Waals surface area contributed by atoms with Gasteiger partial charge in [0.2, 0.25) is 5.91 Å². The number of aromatic amines is 1. The number of likely N-dealkylation sites (N-methyl/N-ethyl adjacent to an activating group) is 1. The quantitative estimate of drug-likeness (QED) is 0.612. The molecule has 0 atom stereocenters. The van der Waals surface area contributed by atoms with Crippen molar-refractivity contribution in [3.05, 3.63) is 52.0 Å². The monoisotopic (exact) mass is 445 g/mol. The first-order valence-corrected chi connectivity index (χ1v) is 10.6. The molecule has 3 aromatic rings. The van der Waals surface area contributed by atoms with Gasteiger partial charge < -0.3 is 19.1 Å². The molecule has 2 aromatic heterocycles. The molecule has 30 heavy (non-hydrogen) atoms. The van der Waals surface area contributed by atoms with Crippen LogP contribution >= 0.6 is 23.2 Å². The number of fused-ring (bicyclic) bond motifs is 3. The minimum atomic E-state index is -0.0128. The minimum absolute atomic E-state index is 0.0128. The second-order valence-electron chi connectivity index (χ2n) is 7.59. The largest absolute Gasteiger partial charge is 0.374 e. The summed E-state index contributed by atoms with van der Waals surface area (Å²) in [6.45, 7) is 3.66. The lowest BCUT2D eigenvalue weighted by Gasteiger charge is -2.31. The molecule has 0 unspecified atom stereocenters. The second kappa shape index (κ2) is 7.65. The first-order valence-electron chi connectivity index (χ1n) is 9.81. The van der Waals surface area contributed by atoms with Crippen LogP contribution in [-0.4, -0.2) is 63.8 Å². The van der Waals surface area contributed by atoms with E-state index in [1.54, 1.807) is 12.3 Å². The fourth-order valence-electron chi connectivity index (χ4n) is 4.24. The molecule has 1 fully saturated rings. The third kappa shape index (κ3) is 3.17. The van der Waals surface area contributed by atoms with E-state index in [9.17, 15) is 4.79 Å². The van der Waals surface area contributed by atoms with Crippen molar-refractivity contribution in [2.24, 2.45) is 0 Å². The molecule has 0 aliphatic carbocycles. The van der Waals surface area contributed by atoms with Gasteiger partial charge in [-0.15, -0.1) is 0 Å². The van der Waals surface area contributed by atoms with Crippen LogP contribution in [0.2, 0.25) is 10.0 Å². The van der Waals surface area contributed by atoms with E-state index < -0.39 is 0 Å². The van der Waals surface area contributed by atoms with Crippen LogP contribution in [0.4, 0.5) is 0 Å². The molecule has 9 heteroatoms. The number of rotatable bonds is 2. The number of aromatic nitrogens is 3. The predicted molar refractivity (Wildman–Crippen MR) is 116 cm³/mol. The molecule has 156 valence electrons. The molecule has 0 saturated carbocycles. The van der Waals surface area contributed by atoms with Crippen LogP contribution < -0.4 is 0 Å². The first-order chi connectivity index (χ1) is 14.5. The normalized spacial score (nSPS) is 18.3. The summed E-state index contributed by atoms with van der Waals surface area (Å²) < 4.78 is 7.69. The molecule has 0 bridgehead atoms. The molecule has 0 spiro atoms. The maximum absolute atomic E-state index is 13.0. The molecule has 5 rings (SSSR count). The Labute approximate surface area is 183 Å². The Morgan fingerprint density at radius 1 is 1.27 bits per heavy atom. The number of hydrogen-bond donors (Lipinski definition) is 1. The van der Waals surface area contributed by atoms with Gasteiger partial charge in [0.25, 0.3) is 0 Å². The van der Waals surface area contributed by atoms with Gasteiger partial charge in [0.15, 0.2) is 0 Å². The summed E-state index contributed by atoms with van der Waals surface area (Å²) in [6, 6.07) is 3.80. The third-order valence-electron chi connectivity index (χ3n) is 5.86. The smallest absolute Gasteiger partial charge is 0.248 e. The molecule has 0 radical (unpaired) electrons. The highest BCUT2D eigenvalue weighted by Crippen LogP contribution is 2.42. The number of morpholine rings is 1. The van der Waals surface area contributed by atoms with Gasteiger partial charge in [-0.1, -0.05) is 29.3 Å². The van der Waals surface area contributed by atoms with Crippen LogP contribution in [0.5, 0.6) is 0 Å². The highest BCUT2D eigenvalue weighted by Gasteiger charge is 2.28. The Balaban J connectivity index is 1.57. The van der Waals surface area contributed by atoms with E-state index >= 15 is 0 Å². The van der Waals surface area contributed by atoms with E-state index in [-0.39, 0.29) is 5.91 Å². The fourth-order valence-corrected chi connectivity index (χ4v) is 4.66. The summed E-state index contributed by atoms with van der Waals surface area (Å²) in [5.41, 5.74) is 4.83. The molecule has 1 N–H and O–H groups in total. The van der Waals surface area contributed by atoms with E-state index in [0.717, 1.165) is 40.0 Å². The van der Waals surface area contributed by atoms with Crippen molar-refractivity contribution in [3.8, 4) is 11.1 Å². The topological polar surface area (TPSA) is 66.4 Å². The van der Waals surface area contributed by atoms with E-state index in [4.69, 9.17) is 27.9 Å². The maximum Gasteiger partial charge on any atom is 0.248 e. The predicted octanol–water partition coefficient (Wildman–Crippen LogP) is 3.53. The van der Waals surface area contributed by atoms with Gasteiger partial charge >= 0.3 is 0 Å². The molecule has 1 amide bonds. The van der Waals surface area contributed by atoms with Gasteiger partial charge in [-0.2, -0.15) is 5.10 Å². The van der Waals surface area contributed by atoms with E-state index in [1.165, 1.54) is 0 Å². The molecule has 2 aliphatic heterocycles. The molecule has 2 aliphatic rings. The number of benzene rings is 1. The van der Waals surface area contributed by atoms with E-state index in [1.807, 2.05) is 30.3 Å². The van der Waals surface area contributed by atoms with Gasteiger partial charge in [-0.3, -0.25) is 9.89 Å². The zero-order valence-corrected chi connectivity index (χ0v) is 18.0. The van der Waals surface area contributed by atoms with Gasteiger partial charge in [0.1, 0.15) is 0 Å². The highest BCUT2D eigenvalue weighted by atomic mass is 35.5. The lowest BCUT2D eigenvalue weighted by Crippen LogP contribution is -2.39. The summed E-state index contributed by atoms with van der Waals surface area (Å²) in [4.78, 5) is 17.0. The number of amides is 1. The van der Waals surface area contributed by atoms with Crippen LogP contribution in [-0.2, 0) is 22.6 Å². The number of halogens is 2. The van der Waals surface area contributed by atoms with Gasteiger partial charge in [-0.05, 0) is 6.07 Å². The Bertz CT molecular complexity index is 1150. The van der Waals surface area contributed by atoms with Crippen LogP contribution in [0.25, 0.3) is 22.0 Å². The number of hydrogen-bond acceptors (Lipinski definition) is 4. The Kier molecular flexibility index (Phi) is 4.97. The number of nitrogens with one attached hydrogen (secondary N) is 1. The van der Waals surface area contributed by atoms with Crippen molar-refractivity contribution in [2.45, 2.75) is 13.1 Å². The fraction of sp³-hybridized carbons (Fsp3) is 0.333. The Morgan fingerprint density at radius 2 is 2.13 bits per heavy atom. The summed E-state index contributed by atoms with van der Waals surface area (Å²) in [5, 5.41) is 9.06. The van der Waals surface area contributed by atoms with Crippen molar-refractivity contribution < 1.29 is 9.53 Å². The van der Waals surface area contributed by atoms with Gasteiger partial charge in [-0.25, -0.2) is 0 Å². The number of nitrogens with zero attached hydrogens (tertiary/aromatic N) is 4. The molecule has 1 aromatic carbocycles. The first kappa shape index (κ1) is 19.5. The lowest BCUT2D eigenvalue weighted by atomic mass is 10.0. The summed E-state index contributed by atoms with van der Waals surface area (Å²) >= 11 is 12.9. The average Bonchev–Trinajstić information content (AvgIpc) is 3.37. The van der Waals surface area contributed by atoms with Crippen molar-refractivity contribution in [3.63, 3.8) is 0 Å². The zero-order valence-electron chi connectivity index (χ0n) is 16.5. The van der Waals surface area contributed by atoms with Gasteiger partial charge in [0.05, 0.1) is 41.5 Å². The summed E-state index contributed by atoms with van der Waals surface area (Å²) in [7, 11) is 1.98. The summed E-state index contributed by atoms with van der Waals surface area (Å²) in [6.07, 6.45) is 5.34. The minimum Gasteiger partial charge on any atom is -0.374 e. The Morgan fingerprint density at radius 3 is 2.90 bits per heavy atom. The number of carbonyl (C=O) groups excluding carboxylic acids is 1. The number of ether oxygens (including phenoxy) is 1. The van der Waals surface area contributed by atoms with E-state index in [2.05, 4.69) is 19.7 Å². The van der Waals surface area contributed by atoms with Crippen LogP contribution in [0.3, 0.4) is 0 Å². The van der Waals surface area contributed by atoms with Gasteiger partial charge in [0, 0.05) is 66.9 Å². The third-order valence-corrected chi connectivity index (χ3v) is 6.65. The molecule has 1 saturated heterocycles. The van der Waals surface area contributed by atoms with Crippen LogP contribution in [0.15, 0.2) is 36.3 Å². The van der Waals surface area contributed by atoms with Crippen LogP contribution in [0.1, 0.15) is 5.69 Å². The lowest BCUT2D eigenvalue weighted by molar-refractivity contribution is -0.127. The number of H-pyrrole nitrogens is 1.